The number of nitrogens with zero attached hydrogens (tertiary/aromatic N) is 2. The van der Waals surface area contributed by atoms with Crippen molar-refractivity contribution in [2.24, 2.45) is 0 Å². The van der Waals surface area contributed by atoms with Crippen molar-refractivity contribution in [2.45, 2.75) is 32.9 Å². The Hall–Kier alpha value is -2.14. The van der Waals surface area contributed by atoms with Crippen LogP contribution in [-0.4, -0.2) is 21.6 Å². The van der Waals surface area contributed by atoms with Gasteiger partial charge in [0, 0.05) is 17.1 Å². The predicted molar refractivity (Wildman–Crippen MR) is 88.0 cm³/mol. The molecule has 0 aliphatic heterocycles. The predicted octanol–water partition coefficient (Wildman–Crippen LogP) is 3.27. The summed E-state index contributed by atoms with van der Waals surface area (Å²) in [6, 6.07) is 10.7. The molecule has 2 aromatic rings. The van der Waals surface area contributed by atoms with Gasteiger partial charge in [0.15, 0.2) is 5.69 Å². The Labute approximate surface area is 135 Å². The maximum Gasteiger partial charge on any atom is 0.272 e. The topological polar surface area (TPSA) is 66.9 Å². The van der Waals surface area contributed by atoms with Crippen molar-refractivity contribution < 1.29 is 4.79 Å². The van der Waals surface area contributed by atoms with Crippen LogP contribution in [0.15, 0.2) is 36.4 Å². The number of carbonyl (C=O) groups is 1. The van der Waals surface area contributed by atoms with Gasteiger partial charge in [0.1, 0.15) is 5.82 Å². The molecular weight excluding hydrogens is 300 g/mol. The van der Waals surface area contributed by atoms with Gasteiger partial charge in [-0.15, -0.1) is 10.2 Å². The van der Waals surface area contributed by atoms with Crippen molar-refractivity contribution in [3.05, 3.63) is 52.7 Å². The van der Waals surface area contributed by atoms with Crippen LogP contribution in [0.3, 0.4) is 0 Å². The molecule has 22 heavy (non-hydrogen) atoms. The van der Waals surface area contributed by atoms with E-state index in [1.165, 1.54) is 0 Å². The molecule has 0 spiro atoms. The van der Waals surface area contributed by atoms with E-state index < -0.39 is 0 Å². The van der Waals surface area contributed by atoms with E-state index in [9.17, 15) is 4.79 Å². The molecule has 1 aromatic carbocycles. The summed E-state index contributed by atoms with van der Waals surface area (Å²) in [5.74, 6) is 0.381. The molecule has 6 heteroatoms. The van der Waals surface area contributed by atoms with E-state index in [1.807, 2.05) is 32.9 Å². The maximum absolute atomic E-state index is 12.0. The van der Waals surface area contributed by atoms with E-state index in [1.54, 1.807) is 24.3 Å². The second kappa shape index (κ2) is 6.75. The van der Waals surface area contributed by atoms with Gasteiger partial charge < -0.3 is 10.6 Å². The molecule has 0 saturated carbocycles. The third kappa shape index (κ3) is 5.00. The van der Waals surface area contributed by atoms with E-state index in [4.69, 9.17) is 11.6 Å². The minimum Gasteiger partial charge on any atom is -0.364 e. The molecule has 0 radical (unpaired) electrons. The van der Waals surface area contributed by atoms with Gasteiger partial charge in [0.25, 0.3) is 5.91 Å². The minimum atomic E-state index is -0.259. The molecule has 0 atom stereocenters. The molecule has 5 nitrogen and oxygen atoms in total. The summed E-state index contributed by atoms with van der Waals surface area (Å²) in [6.07, 6.45) is 0. The maximum atomic E-state index is 12.0. The quantitative estimate of drug-likeness (QED) is 0.908. The number of aromatic nitrogens is 2. The summed E-state index contributed by atoms with van der Waals surface area (Å²) in [7, 11) is 0. The molecule has 0 fully saturated rings. The molecule has 0 aliphatic carbocycles. The lowest BCUT2D eigenvalue weighted by Gasteiger charge is -2.20. The number of carbonyl (C=O) groups excluding carboxylic acids is 1. The average molecular weight is 319 g/mol. The van der Waals surface area contributed by atoms with Crippen LogP contribution in [0.4, 0.5) is 5.82 Å². The monoisotopic (exact) mass is 318 g/mol. The first-order valence-electron chi connectivity index (χ1n) is 6.98. The highest BCUT2D eigenvalue weighted by atomic mass is 35.5. The number of anilines is 1. The van der Waals surface area contributed by atoms with Crippen LogP contribution in [0.1, 0.15) is 36.8 Å². The standard InChI is InChI=1S/C16H19ClN4O/c1-16(2,3)19-14-9-8-13(20-21-14)15(22)18-10-11-4-6-12(17)7-5-11/h4-9H,10H2,1-3H3,(H,18,22)(H,19,21). The normalized spacial score (nSPS) is 11.1. The zero-order chi connectivity index (χ0) is 16.2. The summed E-state index contributed by atoms with van der Waals surface area (Å²) >= 11 is 5.82. The Kier molecular flexibility index (Phi) is 4.98. The Morgan fingerprint density at radius 1 is 1.09 bits per heavy atom. The van der Waals surface area contributed by atoms with Crippen molar-refractivity contribution in [3.8, 4) is 0 Å². The largest absolute Gasteiger partial charge is 0.364 e. The molecule has 2 N–H and O–H groups in total. The van der Waals surface area contributed by atoms with Gasteiger partial charge >= 0.3 is 0 Å². The third-order valence-electron chi connectivity index (χ3n) is 2.77. The summed E-state index contributed by atoms with van der Waals surface area (Å²) in [5.41, 5.74) is 1.15. The number of amides is 1. The van der Waals surface area contributed by atoms with Gasteiger partial charge in [-0.05, 0) is 50.6 Å². The van der Waals surface area contributed by atoms with Crippen LogP contribution in [0.25, 0.3) is 0 Å². The number of hydrogen-bond donors (Lipinski definition) is 2. The number of nitrogens with one attached hydrogen (secondary N) is 2. The van der Waals surface area contributed by atoms with Crippen molar-refractivity contribution in [1.29, 1.82) is 0 Å². The number of hydrogen-bond acceptors (Lipinski definition) is 4. The smallest absolute Gasteiger partial charge is 0.272 e. The molecule has 0 saturated heterocycles. The van der Waals surface area contributed by atoms with E-state index in [-0.39, 0.29) is 17.1 Å². The Bertz CT molecular complexity index is 633. The molecule has 0 aliphatic rings. The van der Waals surface area contributed by atoms with Gasteiger partial charge in [0.05, 0.1) is 0 Å². The Morgan fingerprint density at radius 2 is 1.77 bits per heavy atom. The van der Waals surface area contributed by atoms with E-state index >= 15 is 0 Å². The van der Waals surface area contributed by atoms with Crippen LogP contribution < -0.4 is 10.6 Å². The molecule has 0 bridgehead atoms. The van der Waals surface area contributed by atoms with Crippen molar-refractivity contribution >= 4 is 23.3 Å². The Balaban J connectivity index is 1.93. The van der Waals surface area contributed by atoms with E-state index in [2.05, 4.69) is 20.8 Å². The van der Waals surface area contributed by atoms with Gasteiger partial charge in [-0.25, -0.2) is 0 Å². The van der Waals surface area contributed by atoms with Gasteiger partial charge in [-0.1, -0.05) is 23.7 Å². The molecule has 116 valence electrons. The lowest BCUT2D eigenvalue weighted by molar-refractivity contribution is 0.0945. The molecule has 1 heterocycles. The SMILES string of the molecule is CC(C)(C)Nc1ccc(C(=O)NCc2ccc(Cl)cc2)nn1. The average Bonchev–Trinajstić information content (AvgIpc) is 2.45. The number of halogens is 1. The fourth-order valence-corrected chi connectivity index (χ4v) is 1.91. The number of benzene rings is 1. The first kappa shape index (κ1) is 16.2. The molecule has 2 rings (SSSR count). The lowest BCUT2D eigenvalue weighted by Crippen LogP contribution is -2.27. The highest BCUT2D eigenvalue weighted by Gasteiger charge is 2.12. The zero-order valence-corrected chi connectivity index (χ0v) is 13.6. The van der Waals surface area contributed by atoms with Crippen molar-refractivity contribution in [1.82, 2.24) is 15.5 Å². The van der Waals surface area contributed by atoms with Gasteiger partial charge in [0.2, 0.25) is 0 Å². The lowest BCUT2D eigenvalue weighted by atomic mass is 10.1. The minimum absolute atomic E-state index is 0.104. The van der Waals surface area contributed by atoms with E-state index in [0.29, 0.717) is 17.4 Å². The zero-order valence-electron chi connectivity index (χ0n) is 12.9. The van der Waals surface area contributed by atoms with Crippen molar-refractivity contribution in [3.63, 3.8) is 0 Å². The highest BCUT2D eigenvalue weighted by Crippen LogP contribution is 2.11. The first-order valence-corrected chi connectivity index (χ1v) is 7.36. The summed E-state index contributed by atoms with van der Waals surface area (Å²) in [4.78, 5) is 12.0. The highest BCUT2D eigenvalue weighted by molar-refractivity contribution is 6.30. The second-order valence-corrected chi connectivity index (χ2v) is 6.42. The molecular formula is C16H19ClN4O. The van der Waals surface area contributed by atoms with Crippen molar-refractivity contribution in [2.75, 3.05) is 5.32 Å². The van der Waals surface area contributed by atoms with Crippen LogP contribution in [0.2, 0.25) is 5.02 Å². The molecule has 0 unspecified atom stereocenters. The summed E-state index contributed by atoms with van der Waals surface area (Å²) in [5, 5.41) is 14.6. The molecule has 1 aromatic heterocycles. The van der Waals surface area contributed by atoms with Crippen LogP contribution >= 0.6 is 11.6 Å². The number of rotatable bonds is 4. The van der Waals surface area contributed by atoms with Crippen LogP contribution in [0.5, 0.6) is 0 Å². The third-order valence-corrected chi connectivity index (χ3v) is 3.02. The summed E-state index contributed by atoms with van der Waals surface area (Å²) < 4.78 is 0. The van der Waals surface area contributed by atoms with Gasteiger partial charge in [-0.2, -0.15) is 0 Å². The first-order chi connectivity index (χ1) is 10.3. The second-order valence-electron chi connectivity index (χ2n) is 5.99. The summed E-state index contributed by atoms with van der Waals surface area (Å²) in [6.45, 7) is 6.50. The Morgan fingerprint density at radius 3 is 2.32 bits per heavy atom. The fourth-order valence-electron chi connectivity index (χ4n) is 1.78. The van der Waals surface area contributed by atoms with E-state index in [0.717, 1.165) is 5.56 Å². The molecule has 1 amide bonds. The fraction of sp³-hybridized carbons (Fsp3) is 0.312. The van der Waals surface area contributed by atoms with Gasteiger partial charge in [-0.3, -0.25) is 4.79 Å². The van der Waals surface area contributed by atoms with Crippen LogP contribution in [-0.2, 0) is 6.54 Å². The van der Waals surface area contributed by atoms with Crippen LogP contribution in [0, 0.1) is 0 Å².